The van der Waals surface area contributed by atoms with Crippen molar-refractivity contribution >= 4 is 11.6 Å². The number of hydrogen-bond donors (Lipinski definition) is 1. The zero-order valence-electron chi connectivity index (χ0n) is 13.3. The van der Waals surface area contributed by atoms with Crippen LogP contribution in [0.4, 0.5) is 5.69 Å². The van der Waals surface area contributed by atoms with Crippen molar-refractivity contribution in [3.05, 3.63) is 59.4 Å². The molecule has 120 valence electrons. The fraction of sp³-hybridized carbons (Fsp3) is 0.333. The minimum atomic E-state index is -0.673. The first kappa shape index (κ1) is 15.6. The maximum atomic E-state index is 12.6. The summed E-state index contributed by atoms with van der Waals surface area (Å²) in [4.78, 5) is 16.9. The van der Waals surface area contributed by atoms with E-state index in [1.54, 1.807) is 6.20 Å². The van der Waals surface area contributed by atoms with Crippen LogP contribution in [0.3, 0.4) is 0 Å². The number of nitrogens with one attached hydrogen (secondary N) is 1. The molecule has 5 heteroatoms. The number of carbonyl (C=O) groups is 1. The van der Waals surface area contributed by atoms with Gasteiger partial charge in [0, 0.05) is 5.69 Å². The summed E-state index contributed by atoms with van der Waals surface area (Å²) < 4.78 is 11.5. The van der Waals surface area contributed by atoms with Crippen LogP contribution >= 0.6 is 0 Å². The minimum Gasteiger partial charge on any atom is -0.368 e. The molecule has 0 saturated carbocycles. The normalized spacial score (nSPS) is 21.0. The van der Waals surface area contributed by atoms with Gasteiger partial charge in [-0.3, -0.25) is 9.78 Å². The van der Waals surface area contributed by atoms with Crippen LogP contribution in [0.25, 0.3) is 0 Å². The van der Waals surface area contributed by atoms with E-state index in [0.717, 1.165) is 16.8 Å². The number of aromatic nitrogens is 1. The highest BCUT2D eigenvalue weighted by Crippen LogP contribution is 2.27. The molecule has 1 saturated heterocycles. The molecular weight excluding hydrogens is 292 g/mol. The van der Waals surface area contributed by atoms with Crippen LogP contribution in [0, 0.1) is 13.8 Å². The van der Waals surface area contributed by atoms with Crippen molar-refractivity contribution in [1.29, 1.82) is 0 Å². The van der Waals surface area contributed by atoms with Gasteiger partial charge in [0.05, 0.1) is 25.1 Å². The van der Waals surface area contributed by atoms with E-state index in [-0.39, 0.29) is 5.91 Å². The van der Waals surface area contributed by atoms with Crippen LogP contribution in [0.2, 0.25) is 0 Å². The highest BCUT2D eigenvalue weighted by molar-refractivity contribution is 5.94. The summed E-state index contributed by atoms with van der Waals surface area (Å²) in [6.45, 7) is 4.79. The highest BCUT2D eigenvalue weighted by Gasteiger charge is 2.34. The molecule has 1 aliphatic rings. The van der Waals surface area contributed by atoms with Crippen molar-refractivity contribution in [2.24, 2.45) is 0 Å². The van der Waals surface area contributed by atoms with E-state index in [4.69, 9.17) is 9.47 Å². The third kappa shape index (κ3) is 3.57. The largest absolute Gasteiger partial charge is 0.368 e. The van der Waals surface area contributed by atoms with Gasteiger partial charge in [0.15, 0.2) is 6.10 Å². The van der Waals surface area contributed by atoms with Crippen molar-refractivity contribution in [3.63, 3.8) is 0 Å². The Bertz CT molecular complexity index is 688. The Morgan fingerprint density at radius 1 is 1.17 bits per heavy atom. The van der Waals surface area contributed by atoms with Gasteiger partial charge < -0.3 is 14.8 Å². The molecule has 23 heavy (non-hydrogen) atoms. The number of hydrogen-bond acceptors (Lipinski definition) is 4. The predicted octanol–water partition coefficient (Wildman–Crippen LogP) is 2.79. The Labute approximate surface area is 135 Å². The molecule has 0 bridgehead atoms. The third-order valence-electron chi connectivity index (χ3n) is 3.95. The molecule has 2 atom stereocenters. The summed E-state index contributed by atoms with van der Waals surface area (Å²) in [6.07, 6.45) is 0.582. The summed E-state index contributed by atoms with van der Waals surface area (Å²) in [7, 11) is 0. The Kier molecular flexibility index (Phi) is 4.69. The maximum absolute atomic E-state index is 12.6. The van der Waals surface area contributed by atoms with Crippen LogP contribution in [0.15, 0.2) is 42.6 Å². The van der Waals surface area contributed by atoms with E-state index in [1.807, 2.05) is 50.2 Å². The molecular formula is C18H20N2O3. The number of aryl methyl sites for hydroxylation is 2. The predicted molar refractivity (Wildman–Crippen MR) is 87.2 cm³/mol. The third-order valence-corrected chi connectivity index (χ3v) is 3.95. The number of pyridine rings is 1. The van der Waals surface area contributed by atoms with Crippen molar-refractivity contribution < 1.29 is 14.3 Å². The molecule has 0 spiro atoms. The first-order valence-corrected chi connectivity index (χ1v) is 7.67. The molecule has 1 aromatic heterocycles. The molecule has 1 fully saturated rings. The fourth-order valence-electron chi connectivity index (χ4n) is 2.58. The number of anilines is 1. The van der Waals surface area contributed by atoms with E-state index in [2.05, 4.69) is 10.3 Å². The second-order valence-electron chi connectivity index (χ2n) is 5.61. The molecule has 2 aromatic rings. The lowest BCUT2D eigenvalue weighted by Gasteiger charge is -2.31. The van der Waals surface area contributed by atoms with Gasteiger partial charge in [-0.1, -0.05) is 30.3 Å². The standard InChI is InChI=1S/C18H20N2O3/c1-12-10-15(11-19-13(12)2)20-18(21)17-16(22-8-9-23-17)14-6-4-3-5-7-14/h3-7,10-11,16-17H,8-9H2,1-2H3,(H,20,21)/t16-,17-/m1/s1. The molecule has 0 radical (unpaired) electrons. The van der Waals surface area contributed by atoms with Gasteiger partial charge in [0.2, 0.25) is 0 Å². The van der Waals surface area contributed by atoms with Crippen molar-refractivity contribution in [2.75, 3.05) is 18.5 Å². The molecule has 3 rings (SSSR count). The zero-order valence-corrected chi connectivity index (χ0v) is 13.3. The average Bonchev–Trinajstić information content (AvgIpc) is 2.59. The SMILES string of the molecule is Cc1cc(NC(=O)[C@@H]2OCCO[C@@H]2c2ccccc2)cnc1C. The van der Waals surface area contributed by atoms with Crippen molar-refractivity contribution in [2.45, 2.75) is 26.1 Å². The van der Waals surface area contributed by atoms with Crippen LogP contribution in [0.1, 0.15) is 22.9 Å². The lowest BCUT2D eigenvalue weighted by atomic mass is 10.0. The lowest BCUT2D eigenvalue weighted by Crippen LogP contribution is -2.41. The molecule has 0 aliphatic carbocycles. The van der Waals surface area contributed by atoms with Crippen molar-refractivity contribution in [1.82, 2.24) is 4.98 Å². The van der Waals surface area contributed by atoms with Gasteiger partial charge in [-0.2, -0.15) is 0 Å². The van der Waals surface area contributed by atoms with Crippen LogP contribution < -0.4 is 5.32 Å². The molecule has 1 N–H and O–H groups in total. The monoisotopic (exact) mass is 312 g/mol. The van der Waals surface area contributed by atoms with Gasteiger partial charge in [-0.25, -0.2) is 0 Å². The average molecular weight is 312 g/mol. The number of rotatable bonds is 3. The number of nitrogens with zero attached hydrogens (tertiary/aromatic N) is 1. The number of carbonyl (C=O) groups excluding carboxylic acids is 1. The van der Waals surface area contributed by atoms with Gasteiger partial charge >= 0.3 is 0 Å². The number of benzene rings is 1. The second-order valence-corrected chi connectivity index (χ2v) is 5.61. The van der Waals surface area contributed by atoms with E-state index in [9.17, 15) is 4.79 Å². The van der Waals surface area contributed by atoms with Gasteiger partial charge in [-0.05, 0) is 31.0 Å². The van der Waals surface area contributed by atoms with E-state index < -0.39 is 12.2 Å². The van der Waals surface area contributed by atoms with E-state index in [1.165, 1.54) is 0 Å². The lowest BCUT2D eigenvalue weighted by molar-refractivity contribution is -0.162. The second kappa shape index (κ2) is 6.89. The van der Waals surface area contributed by atoms with Gasteiger partial charge in [0.25, 0.3) is 5.91 Å². The Morgan fingerprint density at radius 2 is 1.91 bits per heavy atom. The molecule has 1 aromatic carbocycles. The smallest absolute Gasteiger partial charge is 0.256 e. The quantitative estimate of drug-likeness (QED) is 0.947. The van der Waals surface area contributed by atoms with E-state index in [0.29, 0.717) is 18.9 Å². The summed E-state index contributed by atoms with van der Waals surface area (Å²) >= 11 is 0. The minimum absolute atomic E-state index is 0.219. The zero-order chi connectivity index (χ0) is 16.2. The molecule has 2 heterocycles. The first-order valence-electron chi connectivity index (χ1n) is 7.67. The van der Waals surface area contributed by atoms with Crippen LogP contribution in [0.5, 0.6) is 0 Å². The molecule has 0 unspecified atom stereocenters. The summed E-state index contributed by atoms with van der Waals surface area (Å²) in [5, 5.41) is 2.87. The number of amides is 1. The summed E-state index contributed by atoms with van der Waals surface area (Å²) in [5.41, 5.74) is 3.58. The Balaban J connectivity index is 1.77. The van der Waals surface area contributed by atoms with E-state index >= 15 is 0 Å². The molecule has 1 amide bonds. The summed E-state index contributed by atoms with van der Waals surface area (Å²) in [6, 6.07) is 11.6. The maximum Gasteiger partial charge on any atom is 0.256 e. The Hall–Kier alpha value is -2.24. The molecule has 5 nitrogen and oxygen atoms in total. The topological polar surface area (TPSA) is 60.5 Å². The van der Waals surface area contributed by atoms with Crippen LogP contribution in [-0.4, -0.2) is 30.2 Å². The fourth-order valence-corrected chi connectivity index (χ4v) is 2.58. The number of ether oxygens (including phenoxy) is 2. The summed E-state index contributed by atoms with van der Waals surface area (Å²) in [5.74, 6) is -0.219. The molecule has 1 aliphatic heterocycles. The van der Waals surface area contributed by atoms with Gasteiger partial charge in [0.1, 0.15) is 6.10 Å². The van der Waals surface area contributed by atoms with Gasteiger partial charge in [-0.15, -0.1) is 0 Å². The highest BCUT2D eigenvalue weighted by atomic mass is 16.6. The van der Waals surface area contributed by atoms with Crippen LogP contribution in [-0.2, 0) is 14.3 Å². The first-order chi connectivity index (χ1) is 11.1. The Morgan fingerprint density at radius 3 is 2.65 bits per heavy atom. The van der Waals surface area contributed by atoms with Crippen molar-refractivity contribution in [3.8, 4) is 0 Å².